The van der Waals surface area contributed by atoms with Crippen LogP contribution in [0.4, 0.5) is 0 Å². The van der Waals surface area contributed by atoms with Gasteiger partial charge >= 0.3 is 0 Å². The minimum absolute atomic E-state index is 0.113. The highest BCUT2D eigenvalue weighted by Gasteiger charge is 2.12. The molecular formula is C14H13N3O2. The summed E-state index contributed by atoms with van der Waals surface area (Å²) in [6.07, 6.45) is 4.78. The lowest BCUT2D eigenvalue weighted by Crippen LogP contribution is -2.11. The molecule has 0 aliphatic heterocycles. The highest BCUT2D eigenvalue weighted by molar-refractivity contribution is 5.81. The number of hydrogen-bond donors (Lipinski definition) is 0. The Morgan fingerprint density at radius 1 is 1.32 bits per heavy atom. The highest BCUT2D eigenvalue weighted by Crippen LogP contribution is 2.20. The molecule has 19 heavy (non-hydrogen) atoms. The molecule has 0 radical (unpaired) electrons. The second kappa shape index (κ2) is 4.35. The van der Waals surface area contributed by atoms with Crippen molar-refractivity contribution in [1.82, 2.24) is 14.5 Å². The molecule has 1 aromatic carbocycles. The van der Waals surface area contributed by atoms with Crippen molar-refractivity contribution in [2.45, 2.75) is 20.3 Å². The van der Waals surface area contributed by atoms with Gasteiger partial charge in [0.2, 0.25) is 11.8 Å². The molecule has 0 amide bonds. The quantitative estimate of drug-likeness (QED) is 0.706. The van der Waals surface area contributed by atoms with E-state index in [0.29, 0.717) is 5.89 Å². The molecule has 0 bridgehead atoms. The summed E-state index contributed by atoms with van der Waals surface area (Å²) in [6, 6.07) is 3.92. The Morgan fingerprint density at radius 2 is 2.11 bits per heavy atom. The minimum atomic E-state index is -0.113. The predicted molar refractivity (Wildman–Crippen MR) is 70.0 cm³/mol. The van der Waals surface area contributed by atoms with E-state index in [1.807, 2.05) is 26.0 Å². The van der Waals surface area contributed by atoms with Gasteiger partial charge in [-0.25, -0.2) is 9.97 Å². The third-order valence-corrected chi connectivity index (χ3v) is 3.14. The molecule has 0 N–H and O–H groups in total. The molecule has 3 aromatic rings. The van der Waals surface area contributed by atoms with Crippen molar-refractivity contribution in [1.29, 1.82) is 0 Å². The fourth-order valence-electron chi connectivity index (χ4n) is 1.93. The molecule has 0 spiro atoms. The van der Waals surface area contributed by atoms with E-state index in [9.17, 15) is 4.79 Å². The molecule has 0 fully saturated rings. The number of aromatic nitrogens is 3. The molecule has 0 aliphatic carbocycles. The summed E-state index contributed by atoms with van der Waals surface area (Å²) in [5.74, 6) is 0.316. The van der Waals surface area contributed by atoms with Crippen LogP contribution in [0.25, 0.3) is 11.1 Å². The molecule has 2 aromatic heterocycles. The monoisotopic (exact) mass is 255 g/mol. The molecule has 3 rings (SSSR count). The highest BCUT2D eigenvalue weighted by atomic mass is 16.3. The van der Waals surface area contributed by atoms with E-state index in [4.69, 9.17) is 4.42 Å². The number of aryl methyl sites for hydroxylation is 2. The van der Waals surface area contributed by atoms with Gasteiger partial charge < -0.3 is 4.42 Å². The zero-order valence-electron chi connectivity index (χ0n) is 10.8. The van der Waals surface area contributed by atoms with E-state index in [-0.39, 0.29) is 12.3 Å². The van der Waals surface area contributed by atoms with Crippen LogP contribution in [0.2, 0.25) is 0 Å². The van der Waals surface area contributed by atoms with Gasteiger partial charge in [0.1, 0.15) is 18.3 Å². The van der Waals surface area contributed by atoms with Crippen molar-refractivity contribution in [2.75, 3.05) is 0 Å². The van der Waals surface area contributed by atoms with Crippen molar-refractivity contribution in [3.05, 3.63) is 47.9 Å². The number of carbonyl (C=O) groups excluding carboxylic acids is 1. The van der Waals surface area contributed by atoms with Crippen LogP contribution in [-0.4, -0.2) is 20.4 Å². The lowest BCUT2D eigenvalue weighted by atomic mass is 10.1. The van der Waals surface area contributed by atoms with E-state index in [1.165, 1.54) is 10.9 Å². The number of benzene rings is 1. The first-order valence-corrected chi connectivity index (χ1v) is 6.01. The molecule has 0 atom stereocenters. The Kier molecular flexibility index (Phi) is 2.67. The van der Waals surface area contributed by atoms with Crippen molar-refractivity contribution >= 4 is 17.0 Å². The average Bonchev–Trinajstić information content (AvgIpc) is 2.98. The third-order valence-electron chi connectivity index (χ3n) is 3.14. The van der Waals surface area contributed by atoms with E-state index in [1.54, 1.807) is 12.4 Å². The Bertz CT molecular complexity index is 702. The SMILES string of the molecule is Cc1cc2nc(CC(=O)n3ccnc3)oc2cc1C. The molecule has 96 valence electrons. The van der Waals surface area contributed by atoms with Gasteiger partial charge in [0, 0.05) is 12.4 Å². The standard InChI is InChI=1S/C14H13N3O2/c1-9-5-11-12(6-10(9)2)19-13(16-11)7-14(18)17-4-3-15-8-17/h3-6,8H,7H2,1-2H3. The summed E-state index contributed by atoms with van der Waals surface area (Å²) in [4.78, 5) is 20.1. The molecular weight excluding hydrogens is 242 g/mol. The first-order chi connectivity index (χ1) is 9.13. The van der Waals surface area contributed by atoms with Gasteiger partial charge in [-0.2, -0.15) is 0 Å². The van der Waals surface area contributed by atoms with E-state index < -0.39 is 0 Å². The lowest BCUT2D eigenvalue weighted by Gasteiger charge is -1.96. The Morgan fingerprint density at radius 3 is 2.84 bits per heavy atom. The lowest BCUT2D eigenvalue weighted by molar-refractivity contribution is 0.0906. The molecule has 5 nitrogen and oxygen atoms in total. The molecule has 0 saturated heterocycles. The largest absolute Gasteiger partial charge is 0.440 e. The number of imidazole rings is 1. The van der Waals surface area contributed by atoms with E-state index in [0.717, 1.165) is 22.2 Å². The summed E-state index contributed by atoms with van der Waals surface area (Å²) in [5, 5.41) is 0. The molecule has 0 unspecified atom stereocenters. The van der Waals surface area contributed by atoms with E-state index in [2.05, 4.69) is 9.97 Å². The van der Waals surface area contributed by atoms with Crippen molar-refractivity contribution in [3.63, 3.8) is 0 Å². The van der Waals surface area contributed by atoms with Crippen LogP contribution < -0.4 is 0 Å². The summed E-state index contributed by atoms with van der Waals surface area (Å²) >= 11 is 0. The maximum absolute atomic E-state index is 11.9. The van der Waals surface area contributed by atoms with Crippen LogP contribution in [0.15, 0.2) is 35.3 Å². The second-order valence-corrected chi connectivity index (χ2v) is 4.55. The van der Waals surface area contributed by atoms with Gasteiger partial charge in [0.05, 0.1) is 0 Å². The summed E-state index contributed by atoms with van der Waals surface area (Å²) < 4.78 is 7.03. The van der Waals surface area contributed by atoms with Crippen molar-refractivity contribution < 1.29 is 9.21 Å². The van der Waals surface area contributed by atoms with Crippen LogP contribution in [-0.2, 0) is 6.42 Å². The zero-order chi connectivity index (χ0) is 13.4. The number of nitrogens with zero attached hydrogens (tertiary/aromatic N) is 3. The Balaban J connectivity index is 1.92. The first-order valence-electron chi connectivity index (χ1n) is 6.01. The second-order valence-electron chi connectivity index (χ2n) is 4.55. The summed E-state index contributed by atoms with van der Waals surface area (Å²) in [6.45, 7) is 4.05. The van der Waals surface area contributed by atoms with Crippen LogP contribution in [0.5, 0.6) is 0 Å². The average molecular weight is 255 g/mol. The van der Waals surface area contributed by atoms with Gasteiger partial charge in [-0.3, -0.25) is 9.36 Å². The van der Waals surface area contributed by atoms with Crippen LogP contribution in [0.1, 0.15) is 21.8 Å². The molecule has 2 heterocycles. The minimum Gasteiger partial charge on any atom is -0.440 e. The number of carbonyl (C=O) groups is 1. The molecule has 0 aliphatic rings. The van der Waals surface area contributed by atoms with Gasteiger partial charge in [-0.05, 0) is 37.1 Å². The van der Waals surface area contributed by atoms with Gasteiger partial charge in [-0.15, -0.1) is 0 Å². The van der Waals surface area contributed by atoms with Gasteiger partial charge in [-0.1, -0.05) is 0 Å². The first kappa shape index (κ1) is 11.6. The fourth-order valence-corrected chi connectivity index (χ4v) is 1.93. The van der Waals surface area contributed by atoms with Crippen molar-refractivity contribution in [3.8, 4) is 0 Å². The maximum Gasteiger partial charge on any atom is 0.241 e. The van der Waals surface area contributed by atoms with Gasteiger partial charge in [0.25, 0.3) is 0 Å². The van der Waals surface area contributed by atoms with Crippen molar-refractivity contribution in [2.24, 2.45) is 0 Å². The summed E-state index contributed by atoms with van der Waals surface area (Å²) in [7, 11) is 0. The van der Waals surface area contributed by atoms with E-state index >= 15 is 0 Å². The number of hydrogen-bond acceptors (Lipinski definition) is 4. The van der Waals surface area contributed by atoms with Crippen LogP contribution >= 0.6 is 0 Å². The fraction of sp³-hybridized carbons (Fsp3) is 0.214. The van der Waals surface area contributed by atoms with Crippen LogP contribution in [0.3, 0.4) is 0 Å². The van der Waals surface area contributed by atoms with Crippen LogP contribution in [0, 0.1) is 13.8 Å². The normalized spacial score (nSPS) is 11.1. The predicted octanol–water partition coefficient (Wildman–Crippen LogP) is 2.52. The maximum atomic E-state index is 11.9. The number of rotatable bonds is 2. The summed E-state index contributed by atoms with van der Waals surface area (Å²) in [5.41, 5.74) is 3.82. The number of fused-ring (bicyclic) bond motifs is 1. The Hall–Kier alpha value is -2.43. The van der Waals surface area contributed by atoms with Gasteiger partial charge in [0.15, 0.2) is 5.58 Å². The molecule has 5 heteroatoms. The number of oxazole rings is 1. The zero-order valence-corrected chi connectivity index (χ0v) is 10.8. The molecule has 0 saturated carbocycles. The Labute approximate surface area is 109 Å². The smallest absolute Gasteiger partial charge is 0.241 e. The topological polar surface area (TPSA) is 60.9 Å². The third kappa shape index (κ3) is 2.14.